The summed E-state index contributed by atoms with van der Waals surface area (Å²) in [4.78, 5) is 34.1. The highest BCUT2D eigenvalue weighted by Crippen LogP contribution is 2.30. The van der Waals surface area contributed by atoms with Gasteiger partial charge in [-0.05, 0) is 76.5 Å². The normalized spacial score (nSPS) is 11.3. The van der Waals surface area contributed by atoms with Crippen LogP contribution < -0.4 is 14.8 Å². The Labute approximate surface area is 226 Å². The molecule has 0 atom stereocenters. The molecule has 0 unspecified atom stereocenters. The van der Waals surface area contributed by atoms with Gasteiger partial charge in [0.2, 0.25) is 5.91 Å². The lowest BCUT2D eigenvalue weighted by Crippen LogP contribution is -2.14. The molecule has 0 fully saturated rings. The Morgan fingerprint density at radius 3 is 2.34 bits per heavy atom. The lowest BCUT2D eigenvalue weighted by molar-refractivity contribution is -0.384. The summed E-state index contributed by atoms with van der Waals surface area (Å²) in [5.41, 5.74) is 1.05. The molecule has 11 nitrogen and oxygen atoms in total. The first-order chi connectivity index (χ1) is 17.9. The lowest BCUT2D eigenvalue weighted by atomic mass is 10.1. The summed E-state index contributed by atoms with van der Waals surface area (Å²) in [6.45, 7) is 2.98. The van der Waals surface area contributed by atoms with Crippen LogP contribution in [-0.4, -0.2) is 25.2 Å². The number of halogens is 1. The number of anilines is 2. The maximum atomic E-state index is 12.7. The van der Waals surface area contributed by atoms with Gasteiger partial charge in [-0.3, -0.25) is 19.7 Å². The van der Waals surface area contributed by atoms with Gasteiger partial charge in [-0.15, -0.1) is 0 Å². The van der Waals surface area contributed by atoms with Crippen LogP contribution in [0.1, 0.15) is 18.1 Å². The van der Waals surface area contributed by atoms with E-state index in [1.54, 1.807) is 13.0 Å². The second-order valence-electron chi connectivity index (χ2n) is 7.81. The molecule has 2 amide bonds. The van der Waals surface area contributed by atoms with Crippen LogP contribution in [0.5, 0.6) is 5.75 Å². The molecule has 3 rings (SSSR count). The summed E-state index contributed by atoms with van der Waals surface area (Å²) < 4.78 is 30.8. The summed E-state index contributed by atoms with van der Waals surface area (Å²) in [7, 11) is -4.21. The smallest absolute Gasteiger partial charge is 0.339 e. The highest BCUT2D eigenvalue weighted by atomic mass is 79.9. The molecule has 0 heterocycles. The number of hydrogen-bond donors (Lipinski definition) is 2. The predicted octanol–water partition coefficient (Wildman–Crippen LogP) is 4.94. The number of hydrogen-bond acceptors (Lipinski definition) is 8. The lowest BCUT2D eigenvalue weighted by Gasteiger charge is -2.10. The van der Waals surface area contributed by atoms with Crippen molar-refractivity contribution in [3.63, 3.8) is 0 Å². The van der Waals surface area contributed by atoms with Crippen LogP contribution in [0.2, 0.25) is 0 Å². The number of nitro benzene ring substituents is 1. The number of carbonyl (C=O) groups excluding carboxylic acids is 2. The van der Waals surface area contributed by atoms with Crippen molar-refractivity contribution in [1.82, 2.24) is 0 Å². The van der Waals surface area contributed by atoms with E-state index >= 15 is 0 Å². The number of carbonyl (C=O) groups is 2. The van der Waals surface area contributed by atoms with Gasteiger partial charge in [0, 0.05) is 24.7 Å². The first-order valence-corrected chi connectivity index (χ1v) is 12.9. The summed E-state index contributed by atoms with van der Waals surface area (Å²) in [5.74, 6) is -1.12. The van der Waals surface area contributed by atoms with Crippen LogP contribution in [0.25, 0.3) is 6.08 Å². The van der Waals surface area contributed by atoms with Crippen LogP contribution in [0.4, 0.5) is 17.1 Å². The number of aryl methyl sites for hydroxylation is 1. The van der Waals surface area contributed by atoms with Crippen molar-refractivity contribution in [2.45, 2.75) is 18.7 Å². The van der Waals surface area contributed by atoms with Gasteiger partial charge in [-0.25, -0.2) is 0 Å². The summed E-state index contributed by atoms with van der Waals surface area (Å²) >= 11 is 3.23. The molecule has 2 N–H and O–H groups in total. The molecule has 0 aliphatic carbocycles. The summed E-state index contributed by atoms with van der Waals surface area (Å²) in [6.07, 6.45) is 1.27. The van der Waals surface area contributed by atoms with Crippen molar-refractivity contribution in [2.75, 3.05) is 10.6 Å². The van der Waals surface area contributed by atoms with Crippen molar-refractivity contribution >= 4 is 61.0 Å². The van der Waals surface area contributed by atoms with Crippen LogP contribution in [0.3, 0.4) is 0 Å². The van der Waals surface area contributed by atoms with Crippen molar-refractivity contribution in [3.8, 4) is 11.8 Å². The number of non-ortho nitro benzene ring substituents is 1. The number of benzene rings is 3. The minimum Gasteiger partial charge on any atom is -0.378 e. The fourth-order valence-corrected chi connectivity index (χ4v) is 4.64. The summed E-state index contributed by atoms with van der Waals surface area (Å²) in [5, 5.41) is 25.5. The summed E-state index contributed by atoms with van der Waals surface area (Å²) in [6, 6.07) is 15.4. The molecule has 3 aromatic carbocycles. The first-order valence-electron chi connectivity index (χ1n) is 10.7. The average molecular weight is 599 g/mol. The molecule has 0 saturated heterocycles. The van der Waals surface area contributed by atoms with Gasteiger partial charge in [0.25, 0.3) is 11.6 Å². The minimum atomic E-state index is -4.21. The fourth-order valence-electron chi connectivity index (χ4n) is 3.11. The van der Waals surface area contributed by atoms with Gasteiger partial charge in [0.1, 0.15) is 16.5 Å². The highest BCUT2D eigenvalue weighted by Gasteiger charge is 2.19. The molecule has 38 heavy (non-hydrogen) atoms. The van der Waals surface area contributed by atoms with Gasteiger partial charge in [-0.2, -0.15) is 13.7 Å². The standard InChI is InChI=1S/C25H19BrN4O7S/c1-15-3-7-20(30(33)34)13-23(15)29-25(32)18(14-27)11-17-4-10-24(22(26)12-17)37-38(35,36)21-8-5-19(6-9-21)28-16(2)31/h3-13H,1-2H3,(H,28,31)(H,29,32)/b18-11+. The Hall–Kier alpha value is -4.54. The van der Waals surface area contributed by atoms with E-state index in [1.807, 2.05) is 0 Å². The number of nitrogens with one attached hydrogen (secondary N) is 2. The van der Waals surface area contributed by atoms with E-state index in [0.29, 0.717) is 16.8 Å². The Balaban J connectivity index is 1.79. The quantitative estimate of drug-likeness (QED) is 0.121. The minimum absolute atomic E-state index is 0.0386. The maximum absolute atomic E-state index is 12.7. The van der Waals surface area contributed by atoms with E-state index in [9.17, 15) is 33.4 Å². The van der Waals surface area contributed by atoms with E-state index < -0.39 is 20.9 Å². The van der Waals surface area contributed by atoms with E-state index in [1.165, 1.54) is 73.7 Å². The van der Waals surface area contributed by atoms with E-state index in [-0.39, 0.29) is 38.0 Å². The predicted molar refractivity (Wildman–Crippen MR) is 143 cm³/mol. The number of nitriles is 1. The Kier molecular flexibility index (Phi) is 8.61. The molecular weight excluding hydrogens is 580 g/mol. The molecule has 3 aromatic rings. The van der Waals surface area contributed by atoms with Crippen molar-refractivity contribution in [3.05, 3.63) is 92.0 Å². The Morgan fingerprint density at radius 2 is 1.76 bits per heavy atom. The van der Waals surface area contributed by atoms with Gasteiger partial charge >= 0.3 is 10.1 Å². The Morgan fingerprint density at radius 1 is 1.08 bits per heavy atom. The second-order valence-corrected chi connectivity index (χ2v) is 10.2. The molecule has 194 valence electrons. The average Bonchev–Trinajstić information content (AvgIpc) is 2.85. The number of nitrogens with zero attached hydrogens (tertiary/aromatic N) is 2. The topological polar surface area (TPSA) is 168 Å². The van der Waals surface area contributed by atoms with E-state index in [4.69, 9.17) is 4.18 Å². The SMILES string of the molecule is CC(=O)Nc1ccc(S(=O)(=O)Oc2ccc(/C=C(\C#N)C(=O)Nc3cc([N+](=O)[O-])ccc3C)cc2Br)cc1. The fraction of sp³-hybridized carbons (Fsp3) is 0.0800. The molecule has 13 heteroatoms. The largest absolute Gasteiger partial charge is 0.378 e. The zero-order valence-electron chi connectivity index (χ0n) is 19.9. The van der Waals surface area contributed by atoms with Crippen LogP contribution in [-0.2, 0) is 19.7 Å². The molecule has 0 aliphatic heterocycles. The van der Waals surface area contributed by atoms with E-state index in [0.717, 1.165) is 0 Å². The van der Waals surface area contributed by atoms with Gasteiger partial charge < -0.3 is 14.8 Å². The second kappa shape index (κ2) is 11.7. The highest BCUT2D eigenvalue weighted by molar-refractivity contribution is 9.10. The van der Waals surface area contributed by atoms with E-state index in [2.05, 4.69) is 26.6 Å². The maximum Gasteiger partial charge on any atom is 0.339 e. The molecule has 0 bridgehead atoms. The zero-order chi connectivity index (χ0) is 28.0. The molecule has 0 aliphatic rings. The van der Waals surface area contributed by atoms with Crippen molar-refractivity contribution < 1.29 is 27.1 Å². The monoisotopic (exact) mass is 598 g/mol. The third kappa shape index (κ3) is 7.02. The Bertz CT molecular complexity index is 1610. The van der Waals surface area contributed by atoms with Gasteiger partial charge in [0.15, 0.2) is 5.75 Å². The van der Waals surface area contributed by atoms with Crippen molar-refractivity contribution in [1.29, 1.82) is 5.26 Å². The number of amides is 2. The number of rotatable bonds is 8. The van der Waals surface area contributed by atoms with Crippen LogP contribution in [0, 0.1) is 28.4 Å². The molecule has 0 saturated carbocycles. The van der Waals surface area contributed by atoms with Gasteiger partial charge in [-0.1, -0.05) is 12.1 Å². The zero-order valence-corrected chi connectivity index (χ0v) is 22.3. The van der Waals surface area contributed by atoms with Crippen molar-refractivity contribution in [2.24, 2.45) is 0 Å². The first kappa shape index (κ1) is 28.0. The molecule has 0 spiro atoms. The third-order valence-electron chi connectivity index (χ3n) is 4.98. The molecular formula is C25H19BrN4O7S. The van der Waals surface area contributed by atoms with Crippen LogP contribution >= 0.6 is 15.9 Å². The number of nitro groups is 1. The molecule has 0 aromatic heterocycles. The molecule has 0 radical (unpaired) electrons. The van der Waals surface area contributed by atoms with Gasteiger partial charge in [0.05, 0.1) is 15.1 Å². The van der Waals surface area contributed by atoms with Crippen LogP contribution in [0.15, 0.2) is 75.6 Å². The third-order valence-corrected chi connectivity index (χ3v) is 6.84.